The van der Waals surface area contributed by atoms with E-state index in [2.05, 4.69) is 48.2 Å². The molecule has 1 atom stereocenters. The summed E-state index contributed by atoms with van der Waals surface area (Å²) in [7, 11) is 6.18. The summed E-state index contributed by atoms with van der Waals surface area (Å²) in [6.07, 6.45) is 1.12. The summed E-state index contributed by atoms with van der Waals surface area (Å²) >= 11 is 13.8. The Morgan fingerprint density at radius 1 is 1.21 bits per heavy atom. The highest BCUT2D eigenvalue weighted by Crippen LogP contribution is 2.39. The zero-order valence-corrected chi connectivity index (χ0v) is 13.3. The van der Waals surface area contributed by atoms with E-state index >= 15 is 0 Å². The minimum Gasteiger partial charge on any atom is -0.350 e. The minimum absolute atomic E-state index is 0.469. The van der Waals surface area contributed by atoms with Crippen molar-refractivity contribution in [3.63, 3.8) is 0 Å². The summed E-state index contributed by atoms with van der Waals surface area (Å²) in [6.45, 7) is 4.03. The maximum atomic E-state index is 6.18. The van der Waals surface area contributed by atoms with E-state index in [-0.39, 0.29) is 0 Å². The SMILES string of the molecule is [B]c1c(S)c(C)c(S)c2c([C@H]3CCNC3)c(S)[nH]c12. The smallest absolute Gasteiger partial charge is 0.118 e. The molecule has 1 fully saturated rings. The van der Waals surface area contributed by atoms with E-state index in [4.69, 9.17) is 7.85 Å². The van der Waals surface area contributed by atoms with Crippen molar-refractivity contribution in [3.05, 3.63) is 11.1 Å². The number of hydrogen-bond acceptors (Lipinski definition) is 4. The van der Waals surface area contributed by atoms with Gasteiger partial charge in [-0.15, -0.1) is 37.9 Å². The highest BCUT2D eigenvalue weighted by Gasteiger charge is 2.25. The number of nitrogens with one attached hydrogen (secondary N) is 2. The average molecular weight is 306 g/mol. The van der Waals surface area contributed by atoms with Gasteiger partial charge in [-0.25, -0.2) is 0 Å². The predicted octanol–water partition coefficient (Wildman–Crippen LogP) is 2.21. The third-order valence-electron chi connectivity index (χ3n) is 3.96. The van der Waals surface area contributed by atoms with Crippen LogP contribution in [0.1, 0.15) is 23.5 Å². The fourth-order valence-electron chi connectivity index (χ4n) is 2.87. The lowest BCUT2D eigenvalue weighted by molar-refractivity contribution is 0.751. The van der Waals surface area contributed by atoms with Gasteiger partial charge in [-0.05, 0) is 31.0 Å². The normalized spacial score (nSPS) is 19.5. The highest BCUT2D eigenvalue weighted by atomic mass is 32.1. The maximum absolute atomic E-state index is 6.18. The van der Waals surface area contributed by atoms with Gasteiger partial charge >= 0.3 is 0 Å². The zero-order chi connectivity index (χ0) is 13.7. The van der Waals surface area contributed by atoms with Crippen molar-refractivity contribution in [1.82, 2.24) is 10.3 Å². The van der Waals surface area contributed by atoms with E-state index < -0.39 is 0 Å². The van der Waals surface area contributed by atoms with Crippen molar-refractivity contribution in [2.45, 2.75) is 34.1 Å². The number of benzene rings is 1. The molecule has 2 heterocycles. The molecule has 0 aliphatic carbocycles. The topological polar surface area (TPSA) is 27.8 Å². The van der Waals surface area contributed by atoms with Gasteiger partial charge in [-0.2, -0.15) is 0 Å². The van der Waals surface area contributed by atoms with E-state index in [1.165, 1.54) is 5.56 Å². The van der Waals surface area contributed by atoms with Gasteiger partial charge in [0.25, 0.3) is 0 Å². The van der Waals surface area contributed by atoms with Gasteiger partial charge in [0.1, 0.15) is 7.85 Å². The molecule has 0 bridgehead atoms. The van der Waals surface area contributed by atoms with Gasteiger partial charge < -0.3 is 10.3 Å². The first-order chi connectivity index (χ1) is 9.02. The van der Waals surface area contributed by atoms with Crippen LogP contribution >= 0.6 is 37.9 Å². The van der Waals surface area contributed by atoms with Crippen LogP contribution in [-0.4, -0.2) is 25.9 Å². The standard InChI is InChI=1S/C13H15BN2S3/c1-5-11(17)8-7(6-2-3-15-4-6)13(19)16-10(8)9(14)12(5)18/h6,15-19H,2-4H2,1H3/t6-/m0/s1. The van der Waals surface area contributed by atoms with Crippen LogP contribution in [0.3, 0.4) is 0 Å². The maximum Gasteiger partial charge on any atom is 0.118 e. The molecule has 1 aromatic carbocycles. The monoisotopic (exact) mass is 306 g/mol. The van der Waals surface area contributed by atoms with Crippen LogP contribution in [-0.2, 0) is 0 Å². The third kappa shape index (κ3) is 2.04. The molecule has 98 valence electrons. The van der Waals surface area contributed by atoms with Crippen molar-refractivity contribution in [1.29, 1.82) is 0 Å². The molecule has 0 spiro atoms. The van der Waals surface area contributed by atoms with Crippen molar-refractivity contribution >= 4 is 62.1 Å². The molecule has 6 heteroatoms. The fourth-order valence-corrected chi connectivity index (χ4v) is 3.93. The summed E-state index contributed by atoms with van der Waals surface area (Å²) in [4.78, 5) is 5.04. The van der Waals surface area contributed by atoms with Crippen molar-refractivity contribution in [3.8, 4) is 0 Å². The van der Waals surface area contributed by atoms with Crippen LogP contribution in [0.4, 0.5) is 0 Å². The van der Waals surface area contributed by atoms with Crippen molar-refractivity contribution < 1.29 is 0 Å². The third-order valence-corrected chi connectivity index (χ3v) is 5.45. The second-order valence-corrected chi connectivity index (χ2v) is 6.40. The Morgan fingerprint density at radius 2 is 1.95 bits per heavy atom. The van der Waals surface area contributed by atoms with Crippen LogP contribution in [0.5, 0.6) is 0 Å². The summed E-state index contributed by atoms with van der Waals surface area (Å²) in [5, 5.41) is 5.39. The molecule has 1 saturated heterocycles. The minimum atomic E-state index is 0.469. The van der Waals surface area contributed by atoms with Gasteiger partial charge in [-0.1, -0.05) is 5.46 Å². The fraction of sp³-hybridized carbons (Fsp3) is 0.385. The first-order valence-corrected chi connectivity index (χ1v) is 7.61. The van der Waals surface area contributed by atoms with E-state index in [9.17, 15) is 0 Å². The molecule has 2 aromatic rings. The molecule has 19 heavy (non-hydrogen) atoms. The van der Waals surface area contributed by atoms with Gasteiger partial charge in [0.05, 0.1) is 5.03 Å². The molecule has 0 unspecified atom stereocenters. The number of aromatic nitrogens is 1. The molecule has 0 saturated carbocycles. The number of thiol groups is 3. The van der Waals surface area contributed by atoms with Gasteiger partial charge in [0.15, 0.2) is 0 Å². The number of rotatable bonds is 1. The lowest BCUT2D eigenvalue weighted by Crippen LogP contribution is -2.10. The Hall–Kier alpha value is -0.165. The molecule has 1 aliphatic rings. The number of H-pyrrole nitrogens is 1. The molecule has 1 aliphatic heterocycles. The predicted molar refractivity (Wildman–Crippen MR) is 90.4 cm³/mol. The Kier molecular flexibility index (Phi) is 3.62. The van der Waals surface area contributed by atoms with E-state index in [0.29, 0.717) is 11.4 Å². The van der Waals surface area contributed by atoms with Crippen LogP contribution in [0.15, 0.2) is 14.8 Å². The van der Waals surface area contributed by atoms with Crippen LogP contribution in [0.25, 0.3) is 10.9 Å². The average Bonchev–Trinajstić information content (AvgIpc) is 3.00. The molecule has 0 amide bonds. The van der Waals surface area contributed by atoms with Crippen molar-refractivity contribution in [2.75, 3.05) is 13.1 Å². The quantitative estimate of drug-likeness (QED) is 0.406. The van der Waals surface area contributed by atoms with Gasteiger partial charge in [0, 0.05) is 33.2 Å². The molecule has 2 nitrogen and oxygen atoms in total. The highest BCUT2D eigenvalue weighted by molar-refractivity contribution is 7.81. The number of aromatic amines is 1. The van der Waals surface area contributed by atoms with Crippen LogP contribution < -0.4 is 10.8 Å². The summed E-state index contributed by atoms with van der Waals surface area (Å²) in [6, 6.07) is 0. The largest absolute Gasteiger partial charge is 0.350 e. The van der Waals surface area contributed by atoms with Crippen LogP contribution in [0, 0.1) is 6.92 Å². The molecule has 3 rings (SSSR count). The Balaban J connectivity index is 2.36. The molecule has 2 N–H and O–H groups in total. The van der Waals surface area contributed by atoms with E-state index in [1.807, 2.05) is 6.92 Å². The Morgan fingerprint density at radius 3 is 2.58 bits per heavy atom. The Bertz CT molecular complexity index is 660. The lowest BCUT2D eigenvalue weighted by Gasteiger charge is -2.14. The first kappa shape index (κ1) is 13.8. The Labute approximate surface area is 130 Å². The number of hydrogen-bond donors (Lipinski definition) is 5. The molecule has 2 radical (unpaired) electrons. The second-order valence-electron chi connectivity index (χ2n) is 5.06. The molecular formula is C13H15BN2S3. The van der Waals surface area contributed by atoms with Crippen molar-refractivity contribution in [2.24, 2.45) is 0 Å². The van der Waals surface area contributed by atoms with Crippen LogP contribution in [0.2, 0.25) is 0 Å². The first-order valence-electron chi connectivity index (χ1n) is 6.27. The second kappa shape index (κ2) is 4.99. The van der Waals surface area contributed by atoms with Gasteiger partial charge in [-0.3, -0.25) is 0 Å². The molecular weight excluding hydrogens is 291 g/mol. The summed E-state index contributed by atoms with van der Waals surface area (Å²) in [5.74, 6) is 0.469. The molecule has 1 aromatic heterocycles. The number of fused-ring (bicyclic) bond motifs is 1. The van der Waals surface area contributed by atoms with Gasteiger partial charge in [0.2, 0.25) is 0 Å². The summed E-state index contributed by atoms with van der Waals surface area (Å²) < 4.78 is 0. The van der Waals surface area contributed by atoms with E-state index in [1.54, 1.807) is 0 Å². The summed E-state index contributed by atoms with van der Waals surface area (Å²) in [5.41, 5.74) is 3.85. The zero-order valence-electron chi connectivity index (χ0n) is 10.6. The lowest BCUT2D eigenvalue weighted by atomic mass is 9.89. The van der Waals surface area contributed by atoms with E-state index in [0.717, 1.165) is 50.8 Å².